The minimum atomic E-state index is -0.479. The van der Waals surface area contributed by atoms with Crippen LogP contribution in [0.2, 0.25) is 0 Å². The van der Waals surface area contributed by atoms with Gasteiger partial charge in [-0.1, -0.05) is 13.3 Å². The topological polar surface area (TPSA) is 61.6 Å². The summed E-state index contributed by atoms with van der Waals surface area (Å²) in [6, 6.07) is 0. The van der Waals surface area contributed by atoms with Crippen molar-refractivity contribution in [2.75, 3.05) is 6.61 Å². The highest BCUT2D eigenvalue weighted by Gasteiger charge is 2.23. The molecule has 0 bridgehead atoms. The predicted octanol–water partition coefficient (Wildman–Crippen LogP) is 2.81. The van der Waals surface area contributed by atoms with Gasteiger partial charge in [-0.05, 0) is 32.1 Å². The van der Waals surface area contributed by atoms with Gasteiger partial charge in [-0.2, -0.15) is 4.98 Å². The molecule has 1 aromatic heterocycles. The highest BCUT2D eigenvalue weighted by Crippen LogP contribution is 2.27. The molecule has 1 aromatic rings. The van der Waals surface area contributed by atoms with Crippen LogP contribution in [0.25, 0.3) is 0 Å². The Bertz CT molecular complexity index is 401. The molecule has 1 heterocycles. The Morgan fingerprint density at radius 2 is 2.39 bits per heavy atom. The fraction of sp³-hybridized carbons (Fsp3) is 0.692. The van der Waals surface area contributed by atoms with Gasteiger partial charge in [0.05, 0.1) is 6.61 Å². The van der Waals surface area contributed by atoms with Gasteiger partial charge in [-0.15, -0.1) is 0 Å². The Morgan fingerprint density at radius 1 is 1.56 bits per heavy atom. The fourth-order valence-corrected chi connectivity index (χ4v) is 2.24. The Kier molecular flexibility index (Phi) is 4.23. The molecule has 0 radical (unpaired) electrons. The number of hydrogen-bond donors (Lipinski definition) is 0. The van der Waals surface area contributed by atoms with Gasteiger partial charge in [0.1, 0.15) is 12.4 Å². The molecule has 18 heavy (non-hydrogen) atoms. The molecule has 5 heteroatoms. The first-order chi connectivity index (χ1) is 8.69. The van der Waals surface area contributed by atoms with Gasteiger partial charge in [0, 0.05) is 0 Å². The van der Waals surface area contributed by atoms with E-state index in [4.69, 9.17) is 13.9 Å². The van der Waals surface area contributed by atoms with E-state index in [2.05, 4.69) is 11.9 Å². The van der Waals surface area contributed by atoms with Crippen molar-refractivity contribution >= 4 is 5.97 Å². The van der Waals surface area contributed by atoms with Crippen LogP contribution in [0.15, 0.2) is 10.7 Å². The molecule has 0 amide bonds. The summed E-state index contributed by atoms with van der Waals surface area (Å²) in [6.07, 6.45) is 6.02. The maximum Gasteiger partial charge on any atom is 0.394 e. The van der Waals surface area contributed by atoms with Crippen LogP contribution in [0, 0.1) is 5.92 Å². The van der Waals surface area contributed by atoms with Gasteiger partial charge in [0.15, 0.2) is 5.69 Å². The number of carbonyl (C=O) groups excluding carboxylic acids is 1. The zero-order valence-electron chi connectivity index (χ0n) is 10.8. The number of ether oxygens (including phenoxy) is 2. The number of aromatic nitrogens is 1. The summed E-state index contributed by atoms with van der Waals surface area (Å²) in [5.41, 5.74) is 0.163. The molecule has 1 fully saturated rings. The summed E-state index contributed by atoms with van der Waals surface area (Å²) < 4.78 is 15.6. The summed E-state index contributed by atoms with van der Waals surface area (Å²) in [5, 5.41) is 0. The molecular weight excluding hydrogens is 234 g/mol. The molecule has 1 saturated carbocycles. The van der Waals surface area contributed by atoms with E-state index in [1.54, 1.807) is 6.92 Å². The van der Waals surface area contributed by atoms with Crippen LogP contribution < -0.4 is 4.74 Å². The molecule has 2 unspecified atom stereocenters. The van der Waals surface area contributed by atoms with Gasteiger partial charge >= 0.3 is 12.0 Å². The van der Waals surface area contributed by atoms with Crippen molar-refractivity contribution in [3.8, 4) is 6.08 Å². The standard InChI is InChI=1S/C13H19NO4/c1-3-16-12(15)11-8-17-13(14-11)18-10-6-4-5-9(2)7-10/h8-10H,3-7H2,1-2H3. The van der Waals surface area contributed by atoms with E-state index < -0.39 is 5.97 Å². The van der Waals surface area contributed by atoms with Gasteiger partial charge in [-0.25, -0.2) is 4.79 Å². The Labute approximate surface area is 106 Å². The van der Waals surface area contributed by atoms with Crippen molar-refractivity contribution in [1.29, 1.82) is 0 Å². The molecular formula is C13H19NO4. The monoisotopic (exact) mass is 253 g/mol. The molecule has 0 spiro atoms. The molecule has 0 N–H and O–H groups in total. The van der Waals surface area contributed by atoms with Gasteiger partial charge in [0.2, 0.25) is 0 Å². The van der Waals surface area contributed by atoms with Crippen LogP contribution in [0.5, 0.6) is 6.08 Å². The molecule has 100 valence electrons. The Morgan fingerprint density at radius 3 is 3.11 bits per heavy atom. The second-order valence-corrected chi connectivity index (χ2v) is 4.73. The van der Waals surface area contributed by atoms with E-state index >= 15 is 0 Å². The lowest BCUT2D eigenvalue weighted by Gasteiger charge is -2.25. The van der Waals surface area contributed by atoms with E-state index in [0.29, 0.717) is 12.5 Å². The molecule has 0 aliphatic heterocycles. The van der Waals surface area contributed by atoms with Crippen LogP contribution in [-0.2, 0) is 4.74 Å². The maximum absolute atomic E-state index is 11.4. The van der Waals surface area contributed by atoms with Gasteiger partial charge < -0.3 is 13.9 Å². The highest BCUT2D eigenvalue weighted by molar-refractivity contribution is 5.86. The summed E-state index contributed by atoms with van der Waals surface area (Å²) in [6.45, 7) is 4.29. The molecule has 0 saturated heterocycles. The number of rotatable bonds is 4. The van der Waals surface area contributed by atoms with Crippen molar-refractivity contribution in [1.82, 2.24) is 4.98 Å². The Hall–Kier alpha value is -1.52. The largest absolute Gasteiger partial charge is 0.461 e. The third kappa shape index (κ3) is 3.24. The number of esters is 1. The second-order valence-electron chi connectivity index (χ2n) is 4.73. The predicted molar refractivity (Wildman–Crippen MR) is 64.5 cm³/mol. The van der Waals surface area contributed by atoms with E-state index in [0.717, 1.165) is 19.3 Å². The number of oxazole rings is 1. The minimum absolute atomic E-state index is 0.141. The molecule has 1 aliphatic carbocycles. The second kappa shape index (κ2) is 5.89. The van der Waals surface area contributed by atoms with Crippen molar-refractivity contribution < 1.29 is 18.7 Å². The molecule has 2 rings (SSSR count). The first-order valence-corrected chi connectivity index (χ1v) is 6.48. The summed E-state index contributed by atoms with van der Waals surface area (Å²) in [7, 11) is 0. The fourth-order valence-electron chi connectivity index (χ4n) is 2.24. The number of carbonyl (C=O) groups is 1. The highest BCUT2D eigenvalue weighted by atomic mass is 16.6. The lowest BCUT2D eigenvalue weighted by molar-refractivity contribution is 0.0518. The number of hydrogen-bond acceptors (Lipinski definition) is 5. The average Bonchev–Trinajstić information content (AvgIpc) is 2.78. The average molecular weight is 253 g/mol. The van der Waals surface area contributed by atoms with Crippen molar-refractivity contribution in [2.24, 2.45) is 5.92 Å². The summed E-state index contributed by atoms with van der Waals surface area (Å²) in [5.74, 6) is 0.191. The third-order valence-corrected chi connectivity index (χ3v) is 3.12. The van der Waals surface area contributed by atoms with Crippen molar-refractivity contribution in [2.45, 2.75) is 45.6 Å². The summed E-state index contributed by atoms with van der Waals surface area (Å²) in [4.78, 5) is 15.4. The van der Waals surface area contributed by atoms with E-state index in [1.165, 1.54) is 12.7 Å². The number of nitrogens with zero attached hydrogens (tertiary/aromatic N) is 1. The van der Waals surface area contributed by atoms with Crippen LogP contribution in [-0.4, -0.2) is 23.7 Å². The zero-order chi connectivity index (χ0) is 13.0. The van der Waals surface area contributed by atoms with Crippen LogP contribution in [0.3, 0.4) is 0 Å². The van der Waals surface area contributed by atoms with E-state index in [1.807, 2.05) is 0 Å². The SMILES string of the molecule is CCOC(=O)c1coc(OC2CCCC(C)C2)n1. The molecule has 1 aliphatic rings. The van der Waals surface area contributed by atoms with E-state index in [-0.39, 0.29) is 17.9 Å². The maximum atomic E-state index is 11.4. The molecule has 5 nitrogen and oxygen atoms in total. The van der Waals surface area contributed by atoms with Crippen LogP contribution in [0.4, 0.5) is 0 Å². The normalized spacial score (nSPS) is 23.7. The quantitative estimate of drug-likeness (QED) is 0.772. The van der Waals surface area contributed by atoms with Gasteiger partial charge in [0.25, 0.3) is 0 Å². The van der Waals surface area contributed by atoms with Crippen molar-refractivity contribution in [3.05, 3.63) is 12.0 Å². The first-order valence-electron chi connectivity index (χ1n) is 6.48. The minimum Gasteiger partial charge on any atom is -0.461 e. The first kappa shape index (κ1) is 12.9. The summed E-state index contributed by atoms with van der Waals surface area (Å²) >= 11 is 0. The smallest absolute Gasteiger partial charge is 0.394 e. The van der Waals surface area contributed by atoms with Gasteiger partial charge in [-0.3, -0.25) is 0 Å². The van der Waals surface area contributed by atoms with Crippen molar-refractivity contribution in [3.63, 3.8) is 0 Å². The molecule has 0 aromatic carbocycles. The zero-order valence-corrected chi connectivity index (χ0v) is 10.8. The Balaban J connectivity index is 1.91. The molecule has 2 atom stereocenters. The lowest BCUT2D eigenvalue weighted by atomic mass is 9.89. The van der Waals surface area contributed by atoms with Crippen LogP contribution in [0.1, 0.15) is 50.0 Å². The van der Waals surface area contributed by atoms with E-state index in [9.17, 15) is 4.79 Å². The third-order valence-electron chi connectivity index (χ3n) is 3.12. The lowest BCUT2D eigenvalue weighted by Crippen LogP contribution is -2.24. The van der Waals surface area contributed by atoms with Crippen LogP contribution >= 0.6 is 0 Å².